The molecule has 0 radical (unpaired) electrons. The fourth-order valence-corrected chi connectivity index (χ4v) is 2.76. The lowest BCUT2D eigenvalue weighted by atomic mass is 10.2. The van der Waals surface area contributed by atoms with Crippen LogP contribution in [0.2, 0.25) is 0 Å². The first-order valence-electron chi connectivity index (χ1n) is 7.19. The van der Waals surface area contributed by atoms with Gasteiger partial charge in [-0.25, -0.2) is 0 Å². The van der Waals surface area contributed by atoms with Crippen LogP contribution in [-0.2, 0) is 6.54 Å². The van der Waals surface area contributed by atoms with E-state index in [0.717, 1.165) is 29.7 Å². The van der Waals surface area contributed by atoms with E-state index in [4.69, 9.17) is 4.42 Å². The Morgan fingerprint density at radius 1 is 1.25 bits per heavy atom. The van der Waals surface area contributed by atoms with Crippen LogP contribution in [0.15, 0.2) is 47.0 Å². The third-order valence-corrected chi connectivity index (χ3v) is 4.18. The molecule has 1 aliphatic carbocycles. The Kier molecular flexibility index (Phi) is 2.59. The fourth-order valence-electron chi connectivity index (χ4n) is 2.76. The molecule has 1 fully saturated rings. The molecule has 2 aromatic heterocycles. The van der Waals surface area contributed by atoms with E-state index in [1.807, 2.05) is 6.20 Å². The van der Waals surface area contributed by atoms with Crippen molar-refractivity contribution in [3.05, 3.63) is 54.1 Å². The maximum absolute atomic E-state index is 5.90. The van der Waals surface area contributed by atoms with Crippen LogP contribution in [-0.4, -0.2) is 4.98 Å². The van der Waals surface area contributed by atoms with Crippen LogP contribution < -0.4 is 5.32 Å². The van der Waals surface area contributed by atoms with Crippen molar-refractivity contribution in [1.82, 2.24) is 4.98 Å². The Morgan fingerprint density at radius 2 is 2.15 bits per heavy atom. The second kappa shape index (κ2) is 4.44. The van der Waals surface area contributed by atoms with Crippen LogP contribution in [0.3, 0.4) is 0 Å². The summed E-state index contributed by atoms with van der Waals surface area (Å²) in [4.78, 5) is 3.20. The van der Waals surface area contributed by atoms with Gasteiger partial charge in [0.05, 0.1) is 6.54 Å². The Hall–Kier alpha value is -2.16. The fraction of sp³-hybridized carbons (Fsp3) is 0.294. The highest BCUT2D eigenvalue weighted by Crippen LogP contribution is 2.47. The molecule has 1 aromatic carbocycles. The minimum absolute atomic E-state index is 0.653. The number of nitrogens with one attached hydrogen (secondary N) is 2. The number of hydrogen-bond acceptors (Lipinski definition) is 2. The van der Waals surface area contributed by atoms with Crippen molar-refractivity contribution in [2.45, 2.75) is 25.8 Å². The van der Waals surface area contributed by atoms with Gasteiger partial charge in [0.25, 0.3) is 0 Å². The average molecular weight is 266 g/mol. The molecule has 2 N–H and O–H groups in total. The summed E-state index contributed by atoms with van der Waals surface area (Å²) in [6, 6.07) is 12.6. The molecule has 102 valence electrons. The molecule has 0 amide bonds. The topological polar surface area (TPSA) is 41.0 Å². The van der Waals surface area contributed by atoms with Crippen molar-refractivity contribution in [1.29, 1.82) is 0 Å². The quantitative estimate of drug-likeness (QED) is 0.730. The maximum atomic E-state index is 5.90. The third kappa shape index (κ3) is 2.09. The molecule has 1 saturated carbocycles. The predicted octanol–water partition coefficient (Wildman–Crippen LogP) is 4.50. The van der Waals surface area contributed by atoms with Gasteiger partial charge >= 0.3 is 0 Å². The minimum atomic E-state index is 0.653. The molecule has 20 heavy (non-hydrogen) atoms. The van der Waals surface area contributed by atoms with Gasteiger partial charge in [-0.05, 0) is 48.7 Å². The lowest BCUT2D eigenvalue weighted by Crippen LogP contribution is -1.97. The van der Waals surface area contributed by atoms with Crippen LogP contribution in [0.5, 0.6) is 0 Å². The first-order valence-corrected chi connectivity index (χ1v) is 7.19. The molecule has 3 aromatic rings. The van der Waals surface area contributed by atoms with E-state index in [9.17, 15) is 0 Å². The third-order valence-electron chi connectivity index (χ3n) is 4.18. The van der Waals surface area contributed by atoms with Gasteiger partial charge in [0, 0.05) is 28.7 Å². The van der Waals surface area contributed by atoms with Crippen molar-refractivity contribution in [2.24, 2.45) is 5.92 Å². The van der Waals surface area contributed by atoms with Gasteiger partial charge in [0.1, 0.15) is 11.5 Å². The zero-order valence-corrected chi connectivity index (χ0v) is 11.5. The van der Waals surface area contributed by atoms with Gasteiger partial charge in [-0.2, -0.15) is 0 Å². The summed E-state index contributed by atoms with van der Waals surface area (Å²) in [6.45, 7) is 3.01. The monoisotopic (exact) mass is 266 g/mol. The van der Waals surface area contributed by atoms with Gasteiger partial charge < -0.3 is 14.7 Å². The smallest absolute Gasteiger partial charge is 0.123 e. The summed E-state index contributed by atoms with van der Waals surface area (Å²) in [6.07, 6.45) is 3.23. The van der Waals surface area contributed by atoms with Crippen LogP contribution in [0.1, 0.15) is 30.8 Å². The lowest BCUT2D eigenvalue weighted by molar-refractivity contribution is 0.468. The number of aromatic nitrogens is 1. The van der Waals surface area contributed by atoms with Crippen LogP contribution in [0.4, 0.5) is 5.69 Å². The Balaban J connectivity index is 1.45. The maximum Gasteiger partial charge on any atom is 0.123 e. The standard InChI is InChI=1S/C17H18N2O/c1-11-8-15(11)17-5-3-14(20-17)10-19-13-2-4-16-12(9-13)6-7-18-16/h2-7,9,11,15,18-19H,8,10H2,1H3. The van der Waals surface area contributed by atoms with Gasteiger partial charge in [-0.15, -0.1) is 0 Å². The number of rotatable bonds is 4. The number of H-pyrrole nitrogens is 1. The van der Waals surface area contributed by atoms with Gasteiger partial charge in [0.2, 0.25) is 0 Å². The highest BCUT2D eigenvalue weighted by Gasteiger charge is 2.36. The number of hydrogen-bond donors (Lipinski definition) is 2. The molecule has 3 nitrogen and oxygen atoms in total. The highest BCUT2D eigenvalue weighted by molar-refractivity contribution is 5.82. The molecule has 2 heterocycles. The first kappa shape index (κ1) is 11.6. The number of anilines is 1. The molecule has 0 saturated heterocycles. The number of fused-ring (bicyclic) bond motifs is 1. The molecular formula is C17H18N2O. The van der Waals surface area contributed by atoms with E-state index in [2.05, 4.69) is 53.6 Å². The van der Waals surface area contributed by atoms with Crippen LogP contribution in [0.25, 0.3) is 10.9 Å². The summed E-state index contributed by atoms with van der Waals surface area (Å²) >= 11 is 0. The van der Waals surface area contributed by atoms with E-state index >= 15 is 0 Å². The highest BCUT2D eigenvalue weighted by atomic mass is 16.3. The molecule has 2 atom stereocenters. The van der Waals surface area contributed by atoms with Crippen molar-refractivity contribution < 1.29 is 4.42 Å². The Labute approximate surface area is 118 Å². The minimum Gasteiger partial charge on any atom is -0.464 e. The SMILES string of the molecule is CC1CC1c1ccc(CNc2ccc3[nH]ccc3c2)o1. The molecule has 0 spiro atoms. The second-order valence-electron chi connectivity index (χ2n) is 5.76. The van der Waals surface area contributed by atoms with Crippen molar-refractivity contribution in [2.75, 3.05) is 5.32 Å². The summed E-state index contributed by atoms with van der Waals surface area (Å²) < 4.78 is 5.90. The molecule has 2 unspecified atom stereocenters. The van der Waals surface area contributed by atoms with E-state index < -0.39 is 0 Å². The number of benzene rings is 1. The first-order chi connectivity index (χ1) is 9.79. The molecular weight excluding hydrogens is 248 g/mol. The second-order valence-corrected chi connectivity index (χ2v) is 5.76. The van der Waals surface area contributed by atoms with E-state index in [1.165, 1.54) is 17.3 Å². The Morgan fingerprint density at radius 3 is 3.00 bits per heavy atom. The summed E-state index contributed by atoms with van der Waals surface area (Å²) in [5.41, 5.74) is 2.29. The van der Waals surface area contributed by atoms with Gasteiger partial charge in [0.15, 0.2) is 0 Å². The molecule has 0 aliphatic heterocycles. The van der Waals surface area contributed by atoms with Crippen molar-refractivity contribution >= 4 is 16.6 Å². The van der Waals surface area contributed by atoms with Gasteiger partial charge in [-0.3, -0.25) is 0 Å². The number of aromatic amines is 1. The average Bonchev–Trinajstić information content (AvgIpc) is 2.91. The predicted molar refractivity (Wildman–Crippen MR) is 80.9 cm³/mol. The van der Waals surface area contributed by atoms with E-state index in [0.29, 0.717) is 5.92 Å². The largest absolute Gasteiger partial charge is 0.464 e. The van der Waals surface area contributed by atoms with Crippen molar-refractivity contribution in [3.63, 3.8) is 0 Å². The zero-order chi connectivity index (χ0) is 13.5. The Bertz CT molecular complexity index is 740. The van der Waals surface area contributed by atoms with Crippen LogP contribution >= 0.6 is 0 Å². The summed E-state index contributed by atoms with van der Waals surface area (Å²) in [5.74, 6) is 3.60. The zero-order valence-electron chi connectivity index (χ0n) is 11.5. The van der Waals surface area contributed by atoms with Crippen molar-refractivity contribution in [3.8, 4) is 0 Å². The summed E-state index contributed by atoms with van der Waals surface area (Å²) in [7, 11) is 0. The molecule has 4 rings (SSSR count). The van der Waals surface area contributed by atoms with Gasteiger partial charge in [-0.1, -0.05) is 6.92 Å². The van der Waals surface area contributed by atoms with Crippen LogP contribution in [0, 0.1) is 5.92 Å². The lowest BCUT2D eigenvalue weighted by Gasteiger charge is -2.04. The molecule has 3 heteroatoms. The normalized spacial score (nSPS) is 21.2. The molecule has 0 bridgehead atoms. The van der Waals surface area contributed by atoms with E-state index in [1.54, 1.807) is 0 Å². The van der Waals surface area contributed by atoms with E-state index in [-0.39, 0.29) is 0 Å². The molecule has 1 aliphatic rings. The number of furan rings is 1. The summed E-state index contributed by atoms with van der Waals surface area (Å²) in [5, 5.41) is 4.64.